The number of carbonyl (C=O) groups excluding carboxylic acids is 4. The van der Waals surface area contributed by atoms with E-state index in [2.05, 4.69) is 48.1 Å². The Morgan fingerprint density at radius 3 is 2.14 bits per heavy atom. The average Bonchev–Trinajstić information content (AvgIpc) is 4.02. The molecule has 5 heterocycles. The van der Waals surface area contributed by atoms with Crippen LogP contribution in [0.15, 0.2) is 29.5 Å². The topological polar surface area (TPSA) is 143 Å². The van der Waals surface area contributed by atoms with Crippen molar-refractivity contribution in [2.24, 2.45) is 29.6 Å². The summed E-state index contributed by atoms with van der Waals surface area (Å²) in [6, 6.07) is -0.697. The van der Waals surface area contributed by atoms with Crippen LogP contribution in [0.3, 0.4) is 0 Å². The second-order valence-corrected chi connectivity index (χ2v) is 19.3. The van der Waals surface area contributed by atoms with E-state index in [1.54, 1.807) is 19.1 Å². The molecule has 6 rings (SSSR count). The molecule has 11 heteroatoms. The molecule has 0 spiro atoms. The van der Waals surface area contributed by atoms with Gasteiger partial charge in [0.25, 0.3) is 0 Å². The molecule has 0 N–H and O–H groups in total. The fourth-order valence-electron chi connectivity index (χ4n) is 10.1. The van der Waals surface area contributed by atoms with Crippen LogP contribution in [0.2, 0.25) is 0 Å². The third-order valence-corrected chi connectivity index (χ3v) is 14.2. The van der Waals surface area contributed by atoms with Crippen LogP contribution in [0.25, 0.3) is 35.2 Å². The van der Waals surface area contributed by atoms with Crippen molar-refractivity contribution in [3.63, 3.8) is 0 Å². The molecule has 0 saturated carbocycles. The maximum atomic E-state index is 14.3. The zero-order valence-corrected chi connectivity index (χ0v) is 42.7. The molecule has 0 aromatic carbocycles. The van der Waals surface area contributed by atoms with Gasteiger partial charge >= 0.3 is 35.0 Å². The summed E-state index contributed by atoms with van der Waals surface area (Å²) in [7, 11) is 1.26. The third-order valence-electron chi connectivity index (χ3n) is 14.2. The van der Waals surface area contributed by atoms with Crippen molar-refractivity contribution in [3.8, 4) is 0 Å². The molecule has 1 fully saturated rings. The molecule has 1 aliphatic carbocycles. The Morgan fingerprint density at radius 2 is 1.50 bits per heavy atom. The monoisotopic (exact) mass is 907 g/mol. The zero-order chi connectivity index (χ0) is 47.1. The SMILES string of the molecule is C=Cc1c2[n-]c(c1C)/C=C1\[N-]C(C3=C(C(=O)OC)C(=O)c4c3[n-]c(c4C)/C=c3\[n-]/c(c(C=O)c3CC)=C\2)[C@@H](CCC(=O)OC/C=C(\C)CCC[C@H](C)CCC[C@H](C)CCCC(C)C)[C@@H]1C.[Mg+2]. The minimum Gasteiger partial charge on any atom is -0.681 e. The van der Waals surface area contributed by atoms with Crippen molar-refractivity contribution in [1.29, 1.82) is 0 Å². The van der Waals surface area contributed by atoms with Gasteiger partial charge in [0.2, 0.25) is 0 Å². The first-order valence-corrected chi connectivity index (χ1v) is 24.0. The van der Waals surface area contributed by atoms with Crippen molar-refractivity contribution in [2.45, 2.75) is 145 Å². The fraction of sp³-hybridized carbons (Fsp3) is 0.527. The van der Waals surface area contributed by atoms with Gasteiger partial charge < -0.3 is 29.7 Å². The van der Waals surface area contributed by atoms with E-state index in [-0.39, 0.29) is 59.5 Å². The summed E-state index contributed by atoms with van der Waals surface area (Å²) >= 11 is 0. The van der Waals surface area contributed by atoms with Crippen LogP contribution in [0, 0.1) is 43.4 Å². The molecule has 8 bridgehead atoms. The summed E-state index contributed by atoms with van der Waals surface area (Å²) in [5.41, 5.74) is 8.26. The normalized spacial score (nSPS) is 20.3. The van der Waals surface area contributed by atoms with Gasteiger partial charge in [-0.2, -0.15) is 5.70 Å². The number of rotatable bonds is 21. The molecule has 350 valence electrons. The molecular formula is C55H70MgN4O6-2. The number of Topliss-reactive ketones (excluding diaryl/α,β-unsaturated/α-hetero) is 1. The molecule has 2 aliphatic heterocycles. The largest absolute Gasteiger partial charge is 2.00 e. The van der Waals surface area contributed by atoms with Gasteiger partial charge in [-0.1, -0.05) is 151 Å². The predicted octanol–water partition coefficient (Wildman–Crippen LogP) is 9.66. The van der Waals surface area contributed by atoms with Crippen LogP contribution in [-0.2, 0) is 25.5 Å². The van der Waals surface area contributed by atoms with Crippen LogP contribution in [0.4, 0.5) is 0 Å². The molecule has 3 aromatic heterocycles. The van der Waals surface area contributed by atoms with Gasteiger partial charge in [-0.25, -0.2) is 4.79 Å². The van der Waals surface area contributed by atoms with Crippen molar-refractivity contribution in [3.05, 3.63) is 102 Å². The molecule has 0 amide bonds. The Kier molecular flexibility index (Phi) is 18.6. The second kappa shape index (κ2) is 23.4. The molecule has 5 atom stereocenters. The maximum Gasteiger partial charge on any atom is 2.00 e. The van der Waals surface area contributed by atoms with E-state index >= 15 is 0 Å². The summed E-state index contributed by atoms with van der Waals surface area (Å²) in [5, 5.41) is 6.32. The van der Waals surface area contributed by atoms with Crippen LogP contribution in [0.5, 0.6) is 0 Å². The quantitative estimate of drug-likeness (QED) is 0.0336. The molecule has 1 saturated heterocycles. The summed E-state index contributed by atoms with van der Waals surface area (Å²) in [6.07, 6.45) is 22.4. The maximum absolute atomic E-state index is 14.3. The summed E-state index contributed by atoms with van der Waals surface area (Å²) in [4.78, 5) is 68.8. The zero-order valence-electron chi connectivity index (χ0n) is 41.3. The van der Waals surface area contributed by atoms with Gasteiger partial charge in [0.15, 0.2) is 5.78 Å². The van der Waals surface area contributed by atoms with E-state index in [1.165, 1.54) is 57.6 Å². The first-order chi connectivity index (χ1) is 31.1. The molecule has 0 radical (unpaired) electrons. The summed E-state index contributed by atoms with van der Waals surface area (Å²) in [5.74, 6) is 0.253. The van der Waals surface area contributed by atoms with Gasteiger partial charge in [-0.05, 0) is 87.7 Å². The minimum atomic E-state index is -0.759. The van der Waals surface area contributed by atoms with Crippen LogP contribution < -0.4 is 25.7 Å². The first-order valence-electron chi connectivity index (χ1n) is 24.0. The Bertz CT molecular complexity index is 2510. The number of esters is 2. The van der Waals surface area contributed by atoms with E-state index < -0.39 is 17.8 Å². The molecule has 66 heavy (non-hydrogen) atoms. The van der Waals surface area contributed by atoms with Gasteiger partial charge in [-0.15, -0.1) is 33.5 Å². The van der Waals surface area contributed by atoms with Crippen molar-refractivity contribution >= 4 is 76.9 Å². The number of allylic oxidation sites excluding steroid dienone is 2. The second-order valence-electron chi connectivity index (χ2n) is 19.3. The number of methoxy groups -OCH3 is 1. The molecule has 1 unspecified atom stereocenters. The number of hydrogen-bond donors (Lipinski definition) is 0. The molecule has 10 nitrogen and oxygen atoms in total. The van der Waals surface area contributed by atoms with E-state index in [0.29, 0.717) is 80.2 Å². The molecular weight excluding hydrogens is 837 g/mol. The van der Waals surface area contributed by atoms with E-state index in [0.717, 1.165) is 47.7 Å². The van der Waals surface area contributed by atoms with Crippen LogP contribution in [-0.4, -0.2) is 66.8 Å². The predicted molar refractivity (Wildman–Crippen MR) is 265 cm³/mol. The number of carbonyl (C=O) groups is 4. The molecule has 3 aliphatic rings. The fourth-order valence-corrected chi connectivity index (χ4v) is 10.1. The first kappa shape index (κ1) is 52.4. The van der Waals surface area contributed by atoms with Crippen molar-refractivity contribution < 1.29 is 28.7 Å². The van der Waals surface area contributed by atoms with Gasteiger partial charge in [0, 0.05) is 17.5 Å². The number of hydrogen-bond acceptors (Lipinski definition) is 6. The summed E-state index contributed by atoms with van der Waals surface area (Å²) in [6.45, 7) is 23.6. The Morgan fingerprint density at radius 1 is 0.848 bits per heavy atom. The number of aldehydes is 1. The van der Waals surface area contributed by atoms with Gasteiger partial charge in [0.05, 0.1) is 7.11 Å². The standard InChI is InChI=1S/C55H72N4O6.Mg/c1-12-38-35(8)42-27-43-36(9)40(23-24-48(61)65-26-25-34(7)22-16-21-33(6)20-15-19-32(5)18-14-17-31(3)4)52(58-43)50-51(55(63)64-11)54(62)49-37(10)44(59-53(49)50)28-46-39(13-2)41(30-60)47(57-46)29-45(38)56-42;/h12,25,27-33,36,40,52H,1,13-24,26H2,2-11H3,(H2-2,56,57,58,59,60,62,63);/q-2;+2/p-2/b34-25+;/t32-,33-,36+,40+,52?;/m1./s1. The van der Waals surface area contributed by atoms with Crippen LogP contribution >= 0.6 is 0 Å². The Balaban J connectivity index is 0.00000817. The third kappa shape index (κ3) is 11.6. The van der Waals surface area contributed by atoms with Gasteiger partial charge in [-0.3, -0.25) is 14.4 Å². The average molecular weight is 907 g/mol. The smallest absolute Gasteiger partial charge is 0.681 e. The number of nitrogens with zero attached hydrogens (tertiary/aromatic N) is 4. The number of aromatic nitrogens is 3. The van der Waals surface area contributed by atoms with Crippen molar-refractivity contribution in [1.82, 2.24) is 15.0 Å². The van der Waals surface area contributed by atoms with Gasteiger partial charge in [0.1, 0.15) is 18.5 Å². The Labute approximate surface area is 408 Å². The van der Waals surface area contributed by atoms with Crippen molar-refractivity contribution in [2.75, 3.05) is 13.7 Å². The molecule has 3 aromatic rings. The number of fused-ring (bicyclic) bond motifs is 8. The van der Waals surface area contributed by atoms with Crippen LogP contribution in [0.1, 0.15) is 185 Å². The van der Waals surface area contributed by atoms with E-state index in [9.17, 15) is 19.2 Å². The number of ether oxygens (including phenoxy) is 2. The minimum absolute atomic E-state index is 0. The number of ketones is 1. The Hall–Kier alpha value is -4.61. The van der Waals surface area contributed by atoms with E-state index in [4.69, 9.17) is 29.7 Å². The summed E-state index contributed by atoms with van der Waals surface area (Å²) < 4.78 is 11.0. The van der Waals surface area contributed by atoms with E-state index in [1.807, 2.05) is 32.1 Å².